The van der Waals surface area contributed by atoms with Crippen molar-refractivity contribution in [3.8, 4) is 0 Å². The van der Waals surface area contributed by atoms with E-state index in [1.165, 1.54) is 16.7 Å². The highest BCUT2D eigenvalue weighted by Gasteiger charge is 2.05. The summed E-state index contributed by atoms with van der Waals surface area (Å²) in [5.74, 6) is 0. The van der Waals surface area contributed by atoms with Crippen LogP contribution in [0.2, 0.25) is 0 Å². The van der Waals surface area contributed by atoms with Crippen molar-refractivity contribution in [2.75, 3.05) is 6.61 Å². The molecule has 1 aromatic carbocycles. The van der Waals surface area contributed by atoms with Gasteiger partial charge in [-0.2, -0.15) is 0 Å². The Balaban J connectivity index is 2.40. The van der Waals surface area contributed by atoms with E-state index < -0.39 is 0 Å². The zero-order chi connectivity index (χ0) is 9.10. The van der Waals surface area contributed by atoms with Gasteiger partial charge in [-0.05, 0) is 29.7 Å². The SMILES string of the molecule is Cc1ccccc1C1=CC=COC1. The lowest BCUT2D eigenvalue weighted by Gasteiger charge is -2.12. The Morgan fingerprint density at radius 1 is 1.23 bits per heavy atom. The second-order valence-corrected chi connectivity index (χ2v) is 3.15. The van der Waals surface area contributed by atoms with Crippen LogP contribution in [-0.4, -0.2) is 6.61 Å². The van der Waals surface area contributed by atoms with Gasteiger partial charge in [0.2, 0.25) is 0 Å². The first-order chi connectivity index (χ1) is 6.38. The van der Waals surface area contributed by atoms with Gasteiger partial charge in [-0.25, -0.2) is 0 Å². The van der Waals surface area contributed by atoms with Crippen LogP contribution in [0.4, 0.5) is 0 Å². The van der Waals surface area contributed by atoms with Crippen LogP contribution in [0.1, 0.15) is 11.1 Å². The van der Waals surface area contributed by atoms with Crippen molar-refractivity contribution in [1.29, 1.82) is 0 Å². The third-order valence-electron chi connectivity index (χ3n) is 2.20. The molecule has 0 spiro atoms. The summed E-state index contributed by atoms with van der Waals surface area (Å²) in [6.45, 7) is 2.80. The maximum atomic E-state index is 5.24. The van der Waals surface area contributed by atoms with E-state index in [0.29, 0.717) is 6.61 Å². The number of hydrogen-bond acceptors (Lipinski definition) is 1. The summed E-state index contributed by atoms with van der Waals surface area (Å²) < 4.78 is 5.24. The van der Waals surface area contributed by atoms with Crippen molar-refractivity contribution in [3.05, 3.63) is 53.8 Å². The van der Waals surface area contributed by atoms with Gasteiger partial charge in [0.15, 0.2) is 0 Å². The molecule has 1 heteroatoms. The van der Waals surface area contributed by atoms with Gasteiger partial charge in [-0.3, -0.25) is 0 Å². The predicted octanol–water partition coefficient (Wildman–Crippen LogP) is 2.92. The predicted molar refractivity (Wildman–Crippen MR) is 54.2 cm³/mol. The Labute approximate surface area is 78.3 Å². The van der Waals surface area contributed by atoms with Crippen molar-refractivity contribution in [3.63, 3.8) is 0 Å². The molecule has 0 N–H and O–H groups in total. The van der Waals surface area contributed by atoms with Crippen LogP contribution in [0.3, 0.4) is 0 Å². The van der Waals surface area contributed by atoms with Crippen molar-refractivity contribution >= 4 is 5.57 Å². The van der Waals surface area contributed by atoms with Crippen LogP contribution >= 0.6 is 0 Å². The normalized spacial score (nSPS) is 15.0. The maximum absolute atomic E-state index is 5.24. The lowest BCUT2D eigenvalue weighted by Crippen LogP contribution is -1.98. The lowest BCUT2D eigenvalue weighted by molar-refractivity contribution is 0.293. The summed E-state index contributed by atoms with van der Waals surface area (Å²) >= 11 is 0. The second-order valence-electron chi connectivity index (χ2n) is 3.15. The number of hydrogen-bond donors (Lipinski definition) is 0. The van der Waals surface area contributed by atoms with Gasteiger partial charge < -0.3 is 4.74 Å². The fourth-order valence-corrected chi connectivity index (χ4v) is 1.50. The molecule has 1 nitrogen and oxygen atoms in total. The minimum Gasteiger partial charge on any atom is -0.496 e. The summed E-state index contributed by atoms with van der Waals surface area (Å²) in [4.78, 5) is 0. The molecule has 1 aromatic rings. The third-order valence-corrected chi connectivity index (χ3v) is 2.20. The van der Waals surface area contributed by atoms with Gasteiger partial charge in [-0.1, -0.05) is 30.3 Å². The standard InChI is InChI=1S/C12H12O/c1-10-5-2-3-7-12(10)11-6-4-8-13-9-11/h2-8H,9H2,1H3. The number of aryl methyl sites for hydroxylation is 1. The molecular formula is C12H12O. The molecule has 1 aliphatic heterocycles. The van der Waals surface area contributed by atoms with E-state index in [4.69, 9.17) is 4.74 Å². The molecule has 0 aromatic heterocycles. The summed E-state index contributed by atoms with van der Waals surface area (Å²) in [6.07, 6.45) is 5.76. The summed E-state index contributed by atoms with van der Waals surface area (Å²) in [7, 11) is 0. The smallest absolute Gasteiger partial charge is 0.113 e. The van der Waals surface area contributed by atoms with Crippen LogP contribution < -0.4 is 0 Å². The highest BCUT2D eigenvalue weighted by molar-refractivity contribution is 5.70. The van der Waals surface area contributed by atoms with E-state index in [0.717, 1.165) is 0 Å². The van der Waals surface area contributed by atoms with Gasteiger partial charge >= 0.3 is 0 Å². The number of ether oxygens (including phenoxy) is 1. The average Bonchev–Trinajstić information content (AvgIpc) is 2.20. The first kappa shape index (κ1) is 8.11. The van der Waals surface area contributed by atoms with E-state index in [1.54, 1.807) is 6.26 Å². The van der Waals surface area contributed by atoms with Gasteiger partial charge in [0.25, 0.3) is 0 Å². The van der Waals surface area contributed by atoms with Crippen LogP contribution in [-0.2, 0) is 4.74 Å². The summed E-state index contributed by atoms with van der Waals surface area (Å²) in [5, 5.41) is 0. The first-order valence-corrected chi connectivity index (χ1v) is 4.41. The first-order valence-electron chi connectivity index (χ1n) is 4.41. The Morgan fingerprint density at radius 2 is 2.08 bits per heavy atom. The van der Waals surface area contributed by atoms with Gasteiger partial charge in [0, 0.05) is 0 Å². The van der Waals surface area contributed by atoms with Crippen LogP contribution in [0, 0.1) is 6.92 Å². The quantitative estimate of drug-likeness (QED) is 0.632. The maximum Gasteiger partial charge on any atom is 0.113 e. The molecule has 0 fully saturated rings. The molecule has 66 valence electrons. The second kappa shape index (κ2) is 3.48. The molecule has 0 aliphatic carbocycles. The Kier molecular flexibility index (Phi) is 2.17. The zero-order valence-electron chi connectivity index (χ0n) is 7.66. The fourth-order valence-electron chi connectivity index (χ4n) is 1.50. The average molecular weight is 172 g/mol. The topological polar surface area (TPSA) is 9.23 Å². The minimum absolute atomic E-state index is 0.682. The molecule has 0 bridgehead atoms. The number of benzene rings is 1. The molecule has 2 rings (SSSR count). The molecule has 1 heterocycles. The monoisotopic (exact) mass is 172 g/mol. The lowest BCUT2D eigenvalue weighted by atomic mass is 10.0. The van der Waals surface area contributed by atoms with Gasteiger partial charge in [0.05, 0.1) is 6.26 Å². The summed E-state index contributed by atoms with van der Waals surface area (Å²) in [6, 6.07) is 8.36. The van der Waals surface area contributed by atoms with E-state index >= 15 is 0 Å². The van der Waals surface area contributed by atoms with Crippen LogP contribution in [0.25, 0.3) is 5.57 Å². The Bertz CT molecular complexity index is 361. The minimum atomic E-state index is 0.682. The highest BCUT2D eigenvalue weighted by Crippen LogP contribution is 2.20. The molecule has 13 heavy (non-hydrogen) atoms. The molecule has 0 radical (unpaired) electrons. The van der Waals surface area contributed by atoms with Crippen LogP contribution in [0.5, 0.6) is 0 Å². The molecule has 0 amide bonds. The van der Waals surface area contributed by atoms with E-state index in [1.807, 2.05) is 6.08 Å². The molecular weight excluding hydrogens is 160 g/mol. The molecule has 0 saturated carbocycles. The highest BCUT2D eigenvalue weighted by atomic mass is 16.5. The van der Waals surface area contributed by atoms with Crippen molar-refractivity contribution < 1.29 is 4.74 Å². The number of allylic oxidation sites excluding steroid dienone is 2. The molecule has 0 atom stereocenters. The summed E-state index contributed by atoms with van der Waals surface area (Å²) in [5.41, 5.74) is 3.83. The Morgan fingerprint density at radius 3 is 2.77 bits per heavy atom. The van der Waals surface area contributed by atoms with Gasteiger partial charge in [-0.15, -0.1) is 0 Å². The van der Waals surface area contributed by atoms with Crippen molar-refractivity contribution in [2.24, 2.45) is 0 Å². The molecule has 0 unspecified atom stereocenters. The largest absolute Gasteiger partial charge is 0.496 e. The van der Waals surface area contributed by atoms with Crippen LogP contribution in [0.15, 0.2) is 42.7 Å². The third kappa shape index (κ3) is 1.64. The molecule has 1 aliphatic rings. The zero-order valence-corrected chi connectivity index (χ0v) is 7.66. The van der Waals surface area contributed by atoms with E-state index in [2.05, 4.69) is 37.3 Å². The molecule has 0 saturated heterocycles. The van der Waals surface area contributed by atoms with E-state index in [9.17, 15) is 0 Å². The van der Waals surface area contributed by atoms with Crippen molar-refractivity contribution in [1.82, 2.24) is 0 Å². The van der Waals surface area contributed by atoms with E-state index in [-0.39, 0.29) is 0 Å². The fraction of sp³-hybridized carbons (Fsp3) is 0.167. The Hall–Kier alpha value is -1.50. The van der Waals surface area contributed by atoms with Crippen molar-refractivity contribution in [2.45, 2.75) is 6.92 Å². The number of rotatable bonds is 1. The van der Waals surface area contributed by atoms with Gasteiger partial charge in [0.1, 0.15) is 6.61 Å².